The normalized spacial score (nSPS) is 10.2. The molecule has 0 bridgehead atoms. The highest BCUT2D eigenvalue weighted by molar-refractivity contribution is 7.13. The molecule has 6 heteroatoms. The monoisotopic (exact) mass is 223 g/mol. The molecule has 15 heavy (non-hydrogen) atoms. The molecule has 2 aromatic rings. The van der Waals surface area contributed by atoms with Gasteiger partial charge in [-0.2, -0.15) is 0 Å². The number of thiazole rings is 1. The van der Waals surface area contributed by atoms with Gasteiger partial charge in [0.1, 0.15) is 17.0 Å². The van der Waals surface area contributed by atoms with Crippen LogP contribution in [0.3, 0.4) is 0 Å². The van der Waals surface area contributed by atoms with Crippen molar-refractivity contribution in [1.82, 2.24) is 9.97 Å². The molecular formula is C9H7N2O3S. The van der Waals surface area contributed by atoms with E-state index in [0.29, 0.717) is 23.0 Å². The third-order valence-corrected chi connectivity index (χ3v) is 2.46. The fourth-order valence-corrected chi connectivity index (χ4v) is 1.71. The number of carbonyl (C=O) groups excluding carboxylic acids is 1. The number of esters is 1. The Kier molecular flexibility index (Phi) is 2.77. The number of nitrogens with zero attached hydrogens (tertiary/aromatic N) is 2. The van der Waals surface area contributed by atoms with Crippen LogP contribution < -0.4 is 0 Å². The summed E-state index contributed by atoms with van der Waals surface area (Å²) in [5.41, 5.74) is 0.857. The van der Waals surface area contributed by atoms with Crippen LogP contribution in [0.2, 0.25) is 0 Å². The van der Waals surface area contributed by atoms with Crippen LogP contribution in [-0.2, 0) is 4.74 Å². The van der Waals surface area contributed by atoms with E-state index in [0.717, 1.165) is 0 Å². The van der Waals surface area contributed by atoms with E-state index >= 15 is 0 Å². The zero-order valence-electron chi connectivity index (χ0n) is 7.89. The van der Waals surface area contributed by atoms with Crippen LogP contribution in [0.1, 0.15) is 17.4 Å². The standard InChI is InChI=1S/C9H7N2O3S/c1-2-14-9(12)7-4-15-8(11-7)6-3-13-5-10-6/h3-4H,2H2,1H3. The molecule has 2 heterocycles. The van der Waals surface area contributed by atoms with E-state index in [9.17, 15) is 4.79 Å². The Morgan fingerprint density at radius 1 is 1.73 bits per heavy atom. The van der Waals surface area contributed by atoms with Crippen molar-refractivity contribution in [3.05, 3.63) is 23.7 Å². The molecule has 0 aliphatic heterocycles. The minimum atomic E-state index is -0.424. The van der Waals surface area contributed by atoms with Crippen LogP contribution in [0.5, 0.6) is 0 Å². The van der Waals surface area contributed by atoms with E-state index in [-0.39, 0.29) is 0 Å². The van der Waals surface area contributed by atoms with Gasteiger partial charge in [-0.15, -0.1) is 11.3 Å². The number of rotatable bonds is 3. The molecule has 2 aromatic heterocycles. The van der Waals surface area contributed by atoms with Gasteiger partial charge in [-0.1, -0.05) is 0 Å². The lowest BCUT2D eigenvalue weighted by Crippen LogP contribution is -2.04. The zero-order valence-corrected chi connectivity index (χ0v) is 8.71. The molecule has 0 aromatic carbocycles. The maximum absolute atomic E-state index is 11.3. The first-order valence-electron chi connectivity index (χ1n) is 4.26. The molecule has 5 nitrogen and oxygen atoms in total. The second-order valence-corrected chi connectivity index (χ2v) is 3.44. The number of hydrogen-bond donors (Lipinski definition) is 0. The van der Waals surface area contributed by atoms with Crippen molar-refractivity contribution in [2.75, 3.05) is 6.61 Å². The fourth-order valence-electron chi connectivity index (χ4n) is 0.972. The Labute approximate surface area is 89.7 Å². The molecule has 2 rings (SSSR count). The van der Waals surface area contributed by atoms with Gasteiger partial charge in [0.25, 0.3) is 6.39 Å². The van der Waals surface area contributed by atoms with Crippen LogP contribution >= 0.6 is 11.3 Å². The van der Waals surface area contributed by atoms with Crippen molar-refractivity contribution in [3.8, 4) is 10.7 Å². The third kappa shape index (κ3) is 2.04. The predicted molar refractivity (Wildman–Crippen MR) is 52.4 cm³/mol. The molecule has 0 unspecified atom stereocenters. The molecule has 0 atom stereocenters. The Bertz CT molecular complexity index is 450. The van der Waals surface area contributed by atoms with Crippen molar-refractivity contribution in [1.29, 1.82) is 0 Å². The summed E-state index contributed by atoms with van der Waals surface area (Å²) >= 11 is 1.31. The Morgan fingerprint density at radius 3 is 3.27 bits per heavy atom. The first-order chi connectivity index (χ1) is 7.31. The largest absolute Gasteiger partial charge is 0.461 e. The van der Waals surface area contributed by atoms with Gasteiger partial charge in [0.2, 0.25) is 0 Å². The van der Waals surface area contributed by atoms with Gasteiger partial charge in [-0.25, -0.2) is 14.8 Å². The molecule has 0 fully saturated rings. The molecule has 0 saturated heterocycles. The van der Waals surface area contributed by atoms with Gasteiger partial charge in [0, 0.05) is 5.38 Å². The van der Waals surface area contributed by atoms with Gasteiger partial charge in [0.05, 0.1) is 6.61 Å². The minimum absolute atomic E-state index is 0.292. The summed E-state index contributed by atoms with van der Waals surface area (Å²) in [5, 5.41) is 2.24. The Hall–Kier alpha value is -1.69. The van der Waals surface area contributed by atoms with Gasteiger partial charge in [-0.05, 0) is 6.92 Å². The van der Waals surface area contributed by atoms with Gasteiger partial charge >= 0.3 is 5.97 Å². The summed E-state index contributed by atoms with van der Waals surface area (Å²) in [5.74, 6) is -0.424. The van der Waals surface area contributed by atoms with Crippen molar-refractivity contribution in [2.45, 2.75) is 6.92 Å². The van der Waals surface area contributed by atoms with E-state index in [1.54, 1.807) is 12.3 Å². The number of hydrogen-bond acceptors (Lipinski definition) is 6. The number of carbonyl (C=O) groups is 1. The zero-order chi connectivity index (χ0) is 10.7. The van der Waals surface area contributed by atoms with Gasteiger partial charge < -0.3 is 9.15 Å². The highest BCUT2D eigenvalue weighted by Crippen LogP contribution is 2.21. The molecule has 1 radical (unpaired) electrons. The number of ether oxygens (including phenoxy) is 1. The maximum atomic E-state index is 11.3. The average molecular weight is 223 g/mol. The number of aromatic nitrogens is 2. The summed E-state index contributed by atoms with van der Waals surface area (Å²) in [7, 11) is 0. The predicted octanol–water partition coefficient (Wildman–Crippen LogP) is 1.77. The van der Waals surface area contributed by atoms with E-state index < -0.39 is 5.97 Å². The Balaban J connectivity index is 2.21. The summed E-state index contributed by atoms with van der Waals surface area (Å²) in [6, 6.07) is 0. The molecule has 0 spiro atoms. The highest BCUT2D eigenvalue weighted by atomic mass is 32.1. The first-order valence-corrected chi connectivity index (χ1v) is 5.14. The van der Waals surface area contributed by atoms with Crippen molar-refractivity contribution >= 4 is 17.3 Å². The van der Waals surface area contributed by atoms with Gasteiger partial charge in [-0.3, -0.25) is 0 Å². The highest BCUT2D eigenvalue weighted by Gasteiger charge is 2.13. The summed E-state index contributed by atoms with van der Waals surface area (Å²) in [4.78, 5) is 19.2. The van der Waals surface area contributed by atoms with Crippen molar-refractivity contribution in [3.63, 3.8) is 0 Å². The lowest BCUT2D eigenvalue weighted by Gasteiger charge is -1.95. The first kappa shape index (κ1) is 9.85. The lowest BCUT2D eigenvalue weighted by atomic mass is 10.5. The molecule has 0 aliphatic carbocycles. The molecule has 0 amide bonds. The van der Waals surface area contributed by atoms with Crippen LogP contribution in [0, 0.1) is 6.39 Å². The molecular weight excluding hydrogens is 216 g/mol. The average Bonchev–Trinajstić information content (AvgIpc) is 2.89. The van der Waals surface area contributed by atoms with E-state index in [1.165, 1.54) is 17.6 Å². The second kappa shape index (κ2) is 4.22. The van der Waals surface area contributed by atoms with Crippen LogP contribution in [-0.4, -0.2) is 22.5 Å². The third-order valence-electron chi connectivity index (χ3n) is 1.60. The van der Waals surface area contributed by atoms with Crippen molar-refractivity contribution < 1.29 is 13.9 Å². The smallest absolute Gasteiger partial charge is 0.357 e. The van der Waals surface area contributed by atoms with E-state index in [2.05, 4.69) is 16.4 Å². The van der Waals surface area contributed by atoms with Crippen LogP contribution in [0.25, 0.3) is 10.7 Å². The summed E-state index contributed by atoms with van der Waals surface area (Å²) < 4.78 is 9.51. The topological polar surface area (TPSA) is 65.2 Å². The lowest BCUT2D eigenvalue weighted by molar-refractivity contribution is 0.0520. The van der Waals surface area contributed by atoms with E-state index in [4.69, 9.17) is 9.15 Å². The SMILES string of the molecule is CCOC(=O)c1csc(-c2co[c]n2)n1. The summed E-state index contributed by atoms with van der Waals surface area (Å²) in [6.07, 6.45) is 3.74. The Morgan fingerprint density at radius 2 is 2.60 bits per heavy atom. The van der Waals surface area contributed by atoms with Crippen LogP contribution in [0.15, 0.2) is 16.1 Å². The second-order valence-electron chi connectivity index (χ2n) is 2.58. The molecule has 0 aliphatic rings. The quantitative estimate of drug-likeness (QED) is 0.742. The summed E-state index contributed by atoms with van der Waals surface area (Å²) in [6.45, 7) is 2.08. The molecule has 77 valence electrons. The van der Waals surface area contributed by atoms with Gasteiger partial charge in [0.15, 0.2) is 5.69 Å². The van der Waals surface area contributed by atoms with Crippen LogP contribution in [0.4, 0.5) is 0 Å². The molecule has 0 saturated carbocycles. The molecule has 0 N–H and O–H groups in total. The maximum Gasteiger partial charge on any atom is 0.357 e. The number of oxazole rings is 1. The van der Waals surface area contributed by atoms with Crippen molar-refractivity contribution in [2.24, 2.45) is 0 Å². The van der Waals surface area contributed by atoms with E-state index in [1.807, 2.05) is 0 Å². The minimum Gasteiger partial charge on any atom is -0.461 e. The fraction of sp³-hybridized carbons (Fsp3) is 0.222.